The summed E-state index contributed by atoms with van der Waals surface area (Å²) in [6.07, 6.45) is 5.59. The molecule has 4 heteroatoms. The molecule has 0 fully saturated rings. The van der Waals surface area contributed by atoms with Gasteiger partial charge in [0.2, 0.25) is 0 Å². The van der Waals surface area contributed by atoms with Gasteiger partial charge in [-0.1, -0.05) is 40.2 Å². The fraction of sp³-hybridized carbons (Fsp3) is 0.211. The fourth-order valence-corrected chi connectivity index (χ4v) is 4.11. The minimum atomic E-state index is -0.885. The zero-order chi connectivity index (χ0) is 16.0. The van der Waals surface area contributed by atoms with Gasteiger partial charge in [-0.15, -0.1) is 0 Å². The average Bonchev–Trinajstić information content (AvgIpc) is 3.04. The van der Waals surface area contributed by atoms with Gasteiger partial charge in [0.25, 0.3) is 0 Å². The van der Waals surface area contributed by atoms with Crippen molar-refractivity contribution in [3.8, 4) is 0 Å². The van der Waals surface area contributed by atoms with Gasteiger partial charge in [0.15, 0.2) is 0 Å². The number of carboxylic acids is 1. The van der Waals surface area contributed by atoms with Crippen LogP contribution in [-0.2, 0) is 0 Å². The molecule has 0 saturated carbocycles. The van der Waals surface area contributed by atoms with Gasteiger partial charge in [-0.05, 0) is 53.8 Å². The van der Waals surface area contributed by atoms with Crippen molar-refractivity contribution >= 4 is 27.6 Å². The topological polar surface area (TPSA) is 49.3 Å². The Bertz CT molecular complexity index is 798. The van der Waals surface area contributed by atoms with E-state index in [1.165, 1.54) is 5.56 Å². The number of fused-ring (bicyclic) bond motifs is 3. The number of carbonyl (C=O) groups is 1. The molecule has 3 nitrogen and oxygen atoms in total. The van der Waals surface area contributed by atoms with Crippen molar-refractivity contribution in [1.29, 1.82) is 0 Å². The minimum Gasteiger partial charge on any atom is -0.478 e. The van der Waals surface area contributed by atoms with Crippen LogP contribution in [0.4, 0.5) is 5.69 Å². The number of anilines is 1. The first-order valence-corrected chi connectivity index (χ1v) is 8.48. The number of hydrogen-bond donors (Lipinski definition) is 2. The van der Waals surface area contributed by atoms with E-state index in [1.807, 2.05) is 12.1 Å². The van der Waals surface area contributed by atoms with Crippen LogP contribution >= 0.6 is 15.9 Å². The third-order valence-electron chi connectivity index (χ3n) is 4.84. The molecule has 0 saturated heterocycles. The average molecular weight is 370 g/mol. The Hall–Kier alpha value is -2.07. The van der Waals surface area contributed by atoms with Crippen molar-refractivity contribution in [1.82, 2.24) is 0 Å². The van der Waals surface area contributed by atoms with Crippen molar-refractivity contribution in [3.63, 3.8) is 0 Å². The zero-order valence-corrected chi connectivity index (χ0v) is 14.0. The Kier molecular flexibility index (Phi) is 3.49. The van der Waals surface area contributed by atoms with Crippen LogP contribution < -0.4 is 5.32 Å². The zero-order valence-electron chi connectivity index (χ0n) is 12.4. The van der Waals surface area contributed by atoms with Crippen molar-refractivity contribution in [2.45, 2.75) is 18.4 Å². The standard InChI is InChI=1S/C19H16BrNO2/c20-13-8-9-17-16(10-13)14-2-1-3-15(14)18(21-17)11-4-6-12(7-5-11)19(22)23/h1-2,4-10,14-15,18,21H,3H2,(H,22,23)/t14-,15+,18-/m1/s1. The van der Waals surface area contributed by atoms with Crippen LogP contribution in [0.3, 0.4) is 0 Å². The van der Waals surface area contributed by atoms with Gasteiger partial charge in [0, 0.05) is 16.1 Å². The van der Waals surface area contributed by atoms with E-state index in [2.05, 4.69) is 51.6 Å². The predicted octanol–water partition coefficient (Wildman–Crippen LogP) is 4.97. The van der Waals surface area contributed by atoms with Crippen LogP contribution in [0, 0.1) is 5.92 Å². The highest BCUT2D eigenvalue weighted by Gasteiger charge is 2.37. The molecule has 0 aromatic heterocycles. The van der Waals surface area contributed by atoms with Crippen LogP contribution in [-0.4, -0.2) is 11.1 Å². The molecular weight excluding hydrogens is 354 g/mol. The quantitative estimate of drug-likeness (QED) is 0.734. The second-order valence-corrected chi connectivity index (χ2v) is 7.05. The highest BCUT2D eigenvalue weighted by atomic mass is 79.9. The maximum absolute atomic E-state index is 11.0. The van der Waals surface area contributed by atoms with Crippen LogP contribution in [0.25, 0.3) is 0 Å². The third kappa shape index (κ3) is 2.47. The molecule has 4 rings (SSSR count). The monoisotopic (exact) mass is 369 g/mol. The summed E-state index contributed by atoms with van der Waals surface area (Å²) in [5.74, 6) is -0.0101. The van der Waals surface area contributed by atoms with Gasteiger partial charge in [0.05, 0.1) is 11.6 Å². The molecule has 0 spiro atoms. The lowest BCUT2D eigenvalue weighted by Gasteiger charge is -2.37. The summed E-state index contributed by atoms with van der Waals surface area (Å²) in [5, 5.41) is 12.7. The molecule has 0 unspecified atom stereocenters. The SMILES string of the molecule is O=C(O)c1ccc([C@H]2Nc3ccc(Br)cc3[C@@H]3C=CC[C@H]23)cc1. The molecule has 0 bridgehead atoms. The number of hydrogen-bond acceptors (Lipinski definition) is 2. The Morgan fingerprint density at radius 2 is 1.96 bits per heavy atom. The number of aromatic carboxylic acids is 1. The summed E-state index contributed by atoms with van der Waals surface area (Å²) in [4.78, 5) is 11.0. The summed E-state index contributed by atoms with van der Waals surface area (Å²) >= 11 is 3.56. The smallest absolute Gasteiger partial charge is 0.335 e. The first-order valence-electron chi connectivity index (χ1n) is 7.69. The first-order chi connectivity index (χ1) is 11.1. The lowest BCUT2D eigenvalue weighted by molar-refractivity contribution is 0.0697. The Morgan fingerprint density at radius 3 is 2.70 bits per heavy atom. The number of halogens is 1. The molecule has 2 aromatic rings. The van der Waals surface area contributed by atoms with Crippen LogP contribution in [0.2, 0.25) is 0 Å². The maximum atomic E-state index is 11.0. The summed E-state index contributed by atoms with van der Waals surface area (Å²) in [5.41, 5.74) is 3.96. The number of nitrogens with one attached hydrogen (secondary N) is 1. The van der Waals surface area contributed by atoms with Crippen molar-refractivity contribution in [2.24, 2.45) is 5.92 Å². The third-order valence-corrected chi connectivity index (χ3v) is 5.33. The molecule has 3 atom stereocenters. The molecular formula is C19H16BrNO2. The Labute approximate surface area is 143 Å². The summed E-state index contributed by atoms with van der Waals surface area (Å²) in [7, 11) is 0. The second kappa shape index (κ2) is 5.53. The molecule has 2 N–H and O–H groups in total. The van der Waals surface area contributed by atoms with E-state index in [1.54, 1.807) is 12.1 Å². The van der Waals surface area contributed by atoms with Gasteiger partial charge < -0.3 is 10.4 Å². The maximum Gasteiger partial charge on any atom is 0.335 e. The van der Waals surface area contributed by atoms with E-state index in [0.717, 1.165) is 22.1 Å². The number of carboxylic acid groups (broad SMARTS) is 1. The number of rotatable bonds is 2. The summed E-state index contributed by atoms with van der Waals surface area (Å²) in [6, 6.07) is 13.8. The molecule has 1 aliphatic carbocycles. The number of allylic oxidation sites excluding steroid dienone is 2. The number of benzene rings is 2. The van der Waals surface area contributed by atoms with E-state index >= 15 is 0 Å². The van der Waals surface area contributed by atoms with E-state index in [4.69, 9.17) is 5.11 Å². The highest BCUT2D eigenvalue weighted by molar-refractivity contribution is 9.10. The van der Waals surface area contributed by atoms with Crippen molar-refractivity contribution < 1.29 is 9.90 Å². The normalized spacial score (nSPS) is 24.7. The molecule has 2 aromatic carbocycles. The van der Waals surface area contributed by atoms with Crippen LogP contribution in [0.5, 0.6) is 0 Å². The lowest BCUT2D eigenvalue weighted by Crippen LogP contribution is -2.29. The Morgan fingerprint density at radius 1 is 1.17 bits per heavy atom. The lowest BCUT2D eigenvalue weighted by atomic mass is 9.77. The fourth-order valence-electron chi connectivity index (χ4n) is 3.73. The summed E-state index contributed by atoms with van der Waals surface area (Å²) in [6.45, 7) is 0. The summed E-state index contributed by atoms with van der Waals surface area (Å²) < 4.78 is 1.10. The van der Waals surface area contributed by atoms with Gasteiger partial charge in [-0.2, -0.15) is 0 Å². The van der Waals surface area contributed by atoms with Gasteiger partial charge >= 0.3 is 5.97 Å². The molecule has 0 amide bonds. The van der Waals surface area contributed by atoms with Crippen LogP contribution in [0.15, 0.2) is 59.1 Å². The van der Waals surface area contributed by atoms with E-state index < -0.39 is 5.97 Å². The first kappa shape index (κ1) is 14.5. The molecule has 23 heavy (non-hydrogen) atoms. The van der Waals surface area contributed by atoms with Gasteiger partial charge in [-0.3, -0.25) is 0 Å². The van der Waals surface area contributed by atoms with Gasteiger partial charge in [-0.25, -0.2) is 4.79 Å². The molecule has 1 heterocycles. The Balaban J connectivity index is 1.73. The van der Waals surface area contributed by atoms with E-state index in [9.17, 15) is 4.79 Å². The molecule has 1 aliphatic heterocycles. The van der Waals surface area contributed by atoms with E-state index in [-0.39, 0.29) is 6.04 Å². The molecule has 2 aliphatic rings. The second-order valence-electron chi connectivity index (χ2n) is 6.13. The minimum absolute atomic E-state index is 0.200. The van der Waals surface area contributed by atoms with Crippen LogP contribution in [0.1, 0.15) is 39.9 Å². The molecule has 0 radical (unpaired) electrons. The molecule has 116 valence electrons. The predicted molar refractivity (Wildman–Crippen MR) is 93.9 cm³/mol. The largest absolute Gasteiger partial charge is 0.478 e. The van der Waals surface area contributed by atoms with Crippen molar-refractivity contribution in [3.05, 3.63) is 75.8 Å². The van der Waals surface area contributed by atoms with Crippen molar-refractivity contribution in [2.75, 3.05) is 5.32 Å². The van der Waals surface area contributed by atoms with E-state index in [0.29, 0.717) is 17.4 Å². The highest BCUT2D eigenvalue weighted by Crippen LogP contribution is 2.50. The van der Waals surface area contributed by atoms with Gasteiger partial charge in [0.1, 0.15) is 0 Å².